The number of methoxy groups -OCH3 is 2. The van der Waals surface area contributed by atoms with Gasteiger partial charge < -0.3 is 15.2 Å². The van der Waals surface area contributed by atoms with Gasteiger partial charge in [-0.1, -0.05) is 22.0 Å². The lowest BCUT2D eigenvalue weighted by Gasteiger charge is -2.17. The molecule has 0 bridgehead atoms. The van der Waals surface area contributed by atoms with Gasteiger partial charge >= 0.3 is 0 Å². The highest BCUT2D eigenvalue weighted by Gasteiger charge is 2.15. The number of benzene rings is 2. The zero-order chi connectivity index (χ0) is 14.7. The molecule has 1 unspecified atom stereocenters. The maximum Gasteiger partial charge on any atom is 0.161 e. The molecule has 0 aromatic heterocycles. The van der Waals surface area contributed by atoms with Gasteiger partial charge in [-0.3, -0.25) is 0 Å². The summed E-state index contributed by atoms with van der Waals surface area (Å²) >= 11 is 5.78. The van der Waals surface area contributed by atoms with Gasteiger partial charge in [0.05, 0.1) is 20.3 Å². The Morgan fingerprint density at radius 1 is 1.05 bits per heavy atom. The van der Waals surface area contributed by atoms with E-state index in [4.69, 9.17) is 15.2 Å². The van der Waals surface area contributed by atoms with Gasteiger partial charge in [-0.05, 0) is 64.0 Å². The second-order valence-electron chi connectivity index (χ2n) is 4.26. The largest absolute Gasteiger partial charge is 0.493 e. The van der Waals surface area contributed by atoms with E-state index in [1.807, 2.05) is 36.4 Å². The van der Waals surface area contributed by atoms with E-state index in [2.05, 4.69) is 38.5 Å². The second kappa shape index (κ2) is 6.78. The van der Waals surface area contributed by atoms with Crippen LogP contribution in [0.4, 0.5) is 0 Å². The maximum atomic E-state index is 6.38. The number of hydrogen-bond acceptors (Lipinski definition) is 3. The van der Waals surface area contributed by atoms with Crippen molar-refractivity contribution in [2.45, 2.75) is 6.04 Å². The third kappa shape index (κ3) is 3.27. The Hall–Kier alpha value is -0.790. The summed E-state index contributed by atoms with van der Waals surface area (Å²) < 4.78 is 12.7. The molecule has 2 N–H and O–H groups in total. The van der Waals surface area contributed by atoms with Gasteiger partial charge in [0.1, 0.15) is 0 Å². The van der Waals surface area contributed by atoms with Crippen LogP contribution in [-0.2, 0) is 0 Å². The molecule has 0 fully saturated rings. The van der Waals surface area contributed by atoms with E-state index in [-0.39, 0.29) is 6.04 Å². The molecule has 2 aromatic rings. The van der Waals surface area contributed by atoms with Gasteiger partial charge in [0.25, 0.3) is 0 Å². The average Bonchev–Trinajstić information content (AvgIpc) is 2.48. The minimum Gasteiger partial charge on any atom is -0.493 e. The van der Waals surface area contributed by atoms with E-state index >= 15 is 0 Å². The summed E-state index contributed by atoms with van der Waals surface area (Å²) in [5.41, 5.74) is 8.44. The van der Waals surface area contributed by atoms with E-state index in [9.17, 15) is 0 Å². The van der Waals surface area contributed by atoms with Crippen LogP contribution in [0.5, 0.6) is 11.5 Å². The number of rotatable bonds is 4. The van der Waals surface area contributed by atoms with Gasteiger partial charge in [0.2, 0.25) is 0 Å². The Balaban J connectivity index is 2.42. The van der Waals surface area contributed by atoms with Crippen LogP contribution in [0.15, 0.2) is 40.9 Å². The molecule has 0 radical (unpaired) electrons. The highest BCUT2D eigenvalue weighted by molar-refractivity contribution is 14.1. The first-order valence-corrected chi connectivity index (χ1v) is 7.86. The third-order valence-electron chi connectivity index (χ3n) is 3.06. The molecule has 0 aliphatic rings. The summed E-state index contributed by atoms with van der Waals surface area (Å²) in [7, 11) is 3.24. The van der Waals surface area contributed by atoms with Gasteiger partial charge in [-0.2, -0.15) is 0 Å². The number of nitrogens with two attached hydrogens (primary N) is 1. The number of halogens is 2. The van der Waals surface area contributed by atoms with Crippen LogP contribution in [0.2, 0.25) is 0 Å². The van der Waals surface area contributed by atoms with Crippen LogP contribution < -0.4 is 15.2 Å². The maximum absolute atomic E-state index is 6.38. The normalized spacial score (nSPS) is 12.1. The number of ether oxygens (including phenoxy) is 2. The van der Waals surface area contributed by atoms with E-state index in [0.29, 0.717) is 11.5 Å². The van der Waals surface area contributed by atoms with E-state index in [0.717, 1.165) is 19.2 Å². The average molecular weight is 448 g/mol. The van der Waals surface area contributed by atoms with Crippen molar-refractivity contribution in [3.63, 3.8) is 0 Å². The summed E-state index contributed by atoms with van der Waals surface area (Å²) in [6.07, 6.45) is 0. The lowest BCUT2D eigenvalue weighted by molar-refractivity contribution is 0.354. The lowest BCUT2D eigenvalue weighted by Crippen LogP contribution is -2.13. The smallest absolute Gasteiger partial charge is 0.161 e. The molecule has 20 heavy (non-hydrogen) atoms. The summed E-state index contributed by atoms with van der Waals surface area (Å²) in [5, 5.41) is 0. The molecule has 2 rings (SSSR count). The Kier molecular flexibility index (Phi) is 5.29. The second-order valence-corrected chi connectivity index (χ2v) is 6.34. The van der Waals surface area contributed by atoms with Crippen LogP contribution in [0.1, 0.15) is 17.2 Å². The molecule has 3 nitrogen and oxygen atoms in total. The molecule has 1 atom stereocenters. The lowest BCUT2D eigenvalue weighted by atomic mass is 9.99. The van der Waals surface area contributed by atoms with Gasteiger partial charge in [0.15, 0.2) is 11.5 Å². The molecule has 0 saturated heterocycles. The molecule has 5 heteroatoms. The van der Waals surface area contributed by atoms with Crippen molar-refractivity contribution < 1.29 is 9.47 Å². The molecule has 0 aliphatic heterocycles. The van der Waals surface area contributed by atoms with Crippen molar-refractivity contribution in [3.05, 3.63) is 55.6 Å². The van der Waals surface area contributed by atoms with Crippen LogP contribution in [-0.4, -0.2) is 14.2 Å². The molecule has 106 valence electrons. The highest BCUT2D eigenvalue weighted by Crippen LogP contribution is 2.33. The zero-order valence-corrected chi connectivity index (χ0v) is 14.9. The van der Waals surface area contributed by atoms with E-state index < -0.39 is 0 Å². The first kappa shape index (κ1) is 15.6. The minimum atomic E-state index is -0.209. The summed E-state index contributed by atoms with van der Waals surface area (Å²) in [4.78, 5) is 0. The van der Waals surface area contributed by atoms with Gasteiger partial charge in [0, 0.05) is 8.04 Å². The fourth-order valence-electron chi connectivity index (χ4n) is 1.98. The zero-order valence-electron chi connectivity index (χ0n) is 11.2. The van der Waals surface area contributed by atoms with Crippen molar-refractivity contribution in [1.82, 2.24) is 0 Å². The van der Waals surface area contributed by atoms with E-state index in [1.54, 1.807) is 14.2 Å². The first-order valence-electron chi connectivity index (χ1n) is 5.99. The van der Waals surface area contributed by atoms with Crippen molar-refractivity contribution >= 4 is 38.5 Å². The predicted molar refractivity (Wildman–Crippen MR) is 92.4 cm³/mol. The number of hydrogen-bond donors (Lipinski definition) is 1. The van der Waals surface area contributed by atoms with Crippen molar-refractivity contribution in [2.24, 2.45) is 5.73 Å². The Bertz CT molecular complexity index is 619. The highest BCUT2D eigenvalue weighted by atomic mass is 127. The van der Waals surface area contributed by atoms with Crippen molar-refractivity contribution in [2.75, 3.05) is 14.2 Å². The predicted octanol–water partition coefficient (Wildman–Crippen LogP) is 4.12. The monoisotopic (exact) mass is 447 g/mol. The van der Waals surface area contributed by atoms with Crippen molar-refractivity contribution in [3.8, 4) is 11.5 Å². The Labute approximate surface area is 140 Å². The Morgan fingerprint density at radius 3 is 2.40 bits per heavy atom. The summed E-state index contributed by atoms with van der Waals surface area (Å²) in [6, 6.07) is 11.6. The molecule has 0 amide bonds. The van der Waals surface area contributed by atoms with Gasteiger partial charge in [-0.25, -0.2) is 0 Å². The SMILES string of the molecule is COc1ccc(C(N)c2cc(Br)ccc2I)cc1OC. The fourth-order valence-corrected chi connectivity index (χ4v) is 3.03. The van der Waals surface area contributed by atoms with Crippen LogP contribution in [0.3, 0.4) is 0 Å². The Morgan fingerprint density at radius 2 is 1.75 bits per heavy atom. The topological polar surface area (TPSA) is 44.5 Å². The molecule has 2 aromatic carbocycles. The van der Waals surface area contributed by atoms with Crippen molar-refractivity contribution in [1.29, 1.82) is 0 Å². The van der Waals surface area contributed by atoms with E-state index in [1.165, 1.54) is 0 Å². The van der Waals surface area contributed by atoms with Gasteiger partial charge in [-0.15, -0.1) is 0 Å². The quantitative estimate of drug-likeness (QED) is 0.717. The summed E-state index contributed by atoms with van der Waals surface area (Å²) in [5.74, 6) is 1.39. The molecule has 0 spiro atoms. The van der Waals surface area contributed by atoms with Crippen LogP contribution in [0, 0.1) is 3.57 Å². The van der Waals surface area contributed by atoms with Crippen LogP contribution in [0.25, 0.3) is 0 Å². The third-order valence-corrected chi connectivity index (χ3v) is 4.54. The molecule has 0 heterocycles. The molecule has 0 saturated carbocycles. The first-order chi connectivity index (χ1) is 9.56. The molecule has 0 aliphatic carbocycles. The summed E-state index contributed by atoms with van der Waals surface area (Å²) in [6.45, 7) is 0. The standard InChI is InChI=1S/C15H15BrINO2/c1-19-13-6-3-9(7-14(13)20-2)15(18)11-8-10(16)4-5-12(11)17/h3-8,15H,18H2,1-2H3. The van der Waals surface area contributed by atoms with Crippen LogP contribution >= 0.6 is 38.5 Å². The molecular formula is C15H15BrINO2. The fraction of sp³-hybridized carbons (Fsp3) is 0.200. The minimum absolute atomic E-state index is 0.209. The molecular weight excluding hydrogens is 433 g/mol.